The van der Waals surface area contributed by atoms with Crippen molar-refractivity contribution in [1.82, 2.24) is 25.4 Å². The first-order valence-electron chi connectivity index (χ1n) is 10.6. The maximum Gasteiger partial charge on any atom is 0.191 e. The zero-order valence-electron chi connectivity index (χ0n) is 18.3. The number of aromatic nitrogens is 3. The van der Waals surface area contributed by atoms with Crippen LogP contribution in [0.15, 0.2) is 29.3 Å². The second-order valence-electron chi connectivity index (χ2n) is 8.14. The van der Waals surface area contributed by atoms with Crippen molar-refractivity contribution >= 4 is 5.96 Å². The fraction of sp³-hybridized carbons (Fsp3) is 0.591. The highest BCUT2D eigenvalue weighted by Crippen LogP contribution is 2.25. The second kappa shape index (κ2) is 9.76. The lowest BCUT2D eigenvalue weighted by atomic mass is 10.0. The van der Waals surface area contributed by atoms with Gasteiger partial charge < -0.3 is 15.4 Å². The molecule has 29 heavy (non-hydrogen) atoms. The van der Waals surface area contributed by atoms with E-state index in [0.717, 1.165) is 42.7 Å². The summed E-state index contributed by atoms with van der Waals surface area (Å²) < 4.78 is 8.02. The zero-order valence-corrected chi connectivity index (χ0v) is 18.3. The Morgan fingerprint density at radius 1 is 1.24 bits per heavy atom. The molecule has 7 heteroatoms. The molecule has 158 valence electrons. The molecule has 7 nitrogen and oxygen atoms in total. The molecule has 2 heterocycles. The molecular weight excluding hydrogens is 364 g/mol. The van der Waals surface area contributed by atoms with E-state index in [1.54, 1.807) is 7.05 Å². The third-order valence-electron chi connectivity index (χ3n) is 5.15. The Bertz CT molecular complexity index is 826. The number of aliphatic imine (C=N–C) groups is 1. The number of aryl methyl sites for hydroxylation is 1. The smallest absolute Gasteiger partial charge is 0.191 e. The summed E-state index contributed by atoms with van der Waals surface area (Å²) in [6.45, 7) is 10.7. The van der Waals surface area contributed by atoms with Crippen LogP contribution in [-0.4, -0.2) is 47.0 Å². The second-order valence-corrected chi connectivity index (χ2v) is 8.14. The van der Waals surface area contributed by atoms with Crippen molar-refractivity contribution in [3.05, 3.63) is 41.5 Å². The van der Waals surface area contributed by atoms with Crippen LogP contribution in [0.2, 0.25) is 0 Å². The molecule has 1 aromatic heterocycles. The van der Waals surface area contributed by atoms with E-state index < -0.39 is 0 Å². The fourth-order valence-corrected chi connectivity index (χ4v) is 3.50. The quantitative estimate of drug-likeness (QED) is 0.426. The number of benzene rings is 1. The van der Waals surface area contributed by atoms with E-state index in [-0.39, 0.29) is 6.04 Å². The van der Waals surface area contributed by atoms with Crippen LogP contribution in [0, 0.1) is 0 Å². The van der Waals surface area contributed by atoms with Gasteiger partial charge >= 0.3 is 0 Å². The van der Waals surface area contributed by atoms with Crippen LogP contribution in [0.4, 0.5) is 0 Å². The van der Waals surface area contributed by atoms with Gasteiger partial charge in [-0.1, -0.05) is 45.9 Å². The number of para-hydroxylation sites is 1. The van der Waals surface area contributed by atoms with Crippen molar-refractivity contribution in [2.75, 3.05) is 20.2 Å². The first-order chi connectivity index (χ1) is 14.0. The molecule has 3 rings (SSSR count). The van der Waals surface area contributed by atoms with Gasteiger partial charge in [-0.25, -0.2) is 9.67 Å². The maximum absolute atomic E-state index is 5.99. The molecule has 0 amide bonds. The molecule has 1 aliphatic heterocycles. The largest absolute Gasteiger partial charge is 0.491 e. The SMILES string of the molecule is CN=C(NCCOc1ccccc1C(C)C)NC1CCc2nc(C(C)C)nn2C1. The van der Waals surface area contributed by atoms with Crippen molar-refractivity contribution in [2.45, 2.75) is 65.0 Å². The van der Waals surface area contributed by atoms with E-state index in [0.29, 0.717) is 25.0 Å². The summed E-state index contributed by atoms with van der Waals surface area (Å²) in [5, 5.41) is 11.5. The Kier molecular flexibility index (Phi) is 7.12. The first kappa shape index (κ1) is 21.1. The Morgan fingerprint density at radius 2 is 2.03 bits per heavy atom. The van der Waals surface area contributed by atoms with Gasteiger partial charge in [0.15, 0.2) is 11.8 Å². The normalized spacial score (nSPS) is 16.8. The van der Waals surface area contributed by atoms with E-state index >= 15 is 0 Å². The summed E-state index contributed by atoms with van der Waals surface area (Å²) in [7, 11) is 1.80. The molecule has 0 aliphatic carbocycles. The first-order valence-corrected chi connectivity index (χ1v) is 10.6. The van der Waals surface area contributed by atoms with Crippen LogP contribution >= 0.6 is 0 Å². The standard InChI is InChI=1S/C22H34N6O/c1-15(2)18-8-6-7-9-19(18)29-13-12-24-22(23-5)25-17-10-11-20-26-21(16(3)4)27-28(20)14-17/h6-9,15-17H,10-14H2,1-5H3,(H2,23,24,25). The number of nitrogens with zero attached hydrogens (tertiary/aromatic N) is 4. The monoisotopic (exact) mass is 398 g/mol. The molecule has 1 unspecified atom stereocenters. The van der Waals surface area contributed by atoms with E-state index in [1.807, 2.05) is 16.8 Å². The Hall–Kier alpha value is -2.57. The van der Waals surface area contributed by atoms with Crippen LogP contribution in [0.3, 0.4) is 0 Å². The number of guanidine groups is 1. The molecule has 1 atom stereocenters. The summed E-state index contributed by atoms with van der Waals surface area (Å²) in [5.74, 6) is 4.57. The minimum Gasteiger partial charge on any atom is -0.491 e. The molecule has 0 fully saturated rings. The highest BCUT2D eigenvalue weighted by Gasteiger charge is 2.23. The minimum absolute atomic E-state index is 0.290. The Labute approximate surface area is 174 Å². The lowest BCUT2D eigenvalue weighted by Gasteiger charge is -2.25. The molecule has 0 saturated heterocycles. The van der Waals surface area contributed by atoms with E-state index in [2.05, 4.69) is 65.5 Å². The number of rotatable bonds is 7. The van der Waals surface area contributed by atoms with Gasteiger partial charge in [0.1, 0.15) is 18.2 Å². The predicted octanol–water partition coefficient (Wildman–Crippen LogP) is 3.08. The third-order valence-corrected chi connectivity index (χ3v) is 5.15. The number of hydrogen-bond acceptors (Lipinski definition) is 4. The topological polar surface area (TPSA) is 76.4 Å². The van der Waals surface area contributed by atoms with Crippen LogP contribution in [0.1, 0.15) is 63.2 Å². The maximum atomic E-state index is 5.99. The van der Waals surface area contributed by atoms with E-state index in [1.165, 1.54) is 5.56 Å². The summed E-state index contributed by atoms with van der Waals surface area (Å²) in [5.41, 5.74) is 1.24. The summed E-state index contributed by atoms with van der Waals surface area (Å²) in [6.07, 6.45) is 1.96. The molecule has 1 aromatic carbocycles. The van der Waals surface area contributed by atoms with Gasteiger partial charge in [-0.15, -0.1) is 0 Å². The van der Waals surface area contributed by atoms with E-state index in [9.17, 15) is 0 Å². The number of nitrogens with one attached hydrogen (secondary N) is 2. The van der Waals surface area contributed by atoms with Crippen LogP contribution < -0.4 is 15.4 Å². The van der Waals surface area contributed by atoms with Gasteiger partial charge in [0.2, 0.25) is 0 Å². The number of hydrogen-bond donors (Lipinski definition) is 2. The highest BCUT2D eigenvalue weighted by atomic mass is 16.5. The molecule has 1 aliphatic rings. The predicted molar refractivity (Wildman–Crippen MR) is 117 cm³/mol. The molecule has 2 N–H and O–H groups in total. The molecule has 0 saturated carbocycles. The van der Waals surface area contributed by atoms with Gasteiger partial charge in [0.05, 0.1) is 13.1 Å². The number of fused-ring (bicyclic) bond motifs is 1. The van der Waals surface area contributed by atoms with Gasteiger partial charge in [0, 0.05) is 25.4 Å². The van der Waals surface area contributed by atoms with Crippen LogP contribution in [0.5, 0.6) is 5.75 Å². The zero-order chi connectivity index (χ0) is 20.8. The fourth-order valence-electron chi connectivity index (χ4n) is 3.50. The summed E-state index contributed by atoms with van der Waals surface area (Å²) in [4.78, 5) is 9.01. The summed E-state index contributed by atoms with van der Waals surface area (Å²) in [6, 6.07) is 8.52. The van der Waals surface area contributed by atoms with Crippen molar-refractivity contribution < 1.29 is 4.74 Å². The van der Waals surface area contributed by atoms with Gasteiger partial charge in [-0.3, -0.25) is 4.99 Å². The molecule has 2 aromatic rings. The highest BCUT2D eigenvalue weighted by molar-refractivity contribution is 5.79. The molecule has 0 spiro atoms. The van der Waals surface area contributed by atoms with Crippen molar-refractivity contribution in [3.8, 4) is 5.75 Å². The van der Waals surface area contributed by atoms with Crippen LogP contribution in [0.25, 0.3) is 0 Å². The third kappa shape index (κ3) is 5.49. The number of ether oxygens (including phenoxy) is 1. The summed E-state index contributed by atoms with van der Waals surface area (Å²) >= 11 is 0. The lowest BCUT2D eigenvalue weighted by Crippen LogP contribution is -2.47. The van der Waals surface area contributed by atoms with Crippen molar-refractivity contribution in [1.29, 1.82) is 0 Å². The Morgan fingerprint density at radius 3 is 2.76 bits per heavy atom. The molecule has 0 radical (unpaired) electrons. The van der Waals surface area contributed by atoms with Crippen molar-refractivity contribution in [3.63, 3.8) is 0 Å². The van der Waals surface area contributed by atoms with E-state index in [4.69, 9.17) is 4.74 Å². The molecular formula is C22H34N6O. The Balaban J connectivity index is 1.47. The molecule has 0 bridgehead atoms. The van der Waals surface area contributed by atoms with Gasteiger partial charge in [0.25, 0.3) is 0 Å². The lowest BCUT2D eigenvalue weighted by molar-refractivity contribution is 0.316. The van der Waals surface area contributed by atoms with Crippen molar-refractivity contribution in [2.24, 2.45) is 4.99 Å². The van der Waals surface area contributed by atoms with Gasteiger partial charge in [-0.05, 0) is 24.0 Å². The average molecular weight is 399 g/mol. The van der Waals surface area contributed by atoms with Gasteiger partial charge in [-0.2, -0.15) is 5.10 Å². The average Bonchev–Trinajstić information content (AvgIpc) is 3.14. The minimum atomic E-state index is 0.290. The van der Waals surface area contributed by atoms with Crippen LogP contribution in [-0.2, 0) is 13.0 Å².